The smallest absolute Gasteiger partial charge is 0.119 e. The summed E-state index contributed by atoms with van der Waals surface area (Å²) in [4.78, 5) is 2.39. The highest BCUT2D eigenvalue weighted by Gasteiger charge is 2.29. The molecule has 4 nitrogen and oxygen atoms in total. The van der Waals surface area contributed by atoms with Gasteiger partial charge >= 0.3 is 0 Å². The van der Waals surface area contributed by atoms with E-state index in [1.807, 2.05) is 67.5 Å². The summed E-state index contributed by atoms with van der Waals surface area (Å²) in [6.45, 7) is 24.5. The Morgan fingerprint density at radius 1 is 0.317 bits per heavy atom. The number of fused-ring (bicyclic) bond motifs is 6. The third kappa shape index (κ3) is 11.2. The summed E-state index contributed by atoms with van der Waals surface area (Å²) in [5.74, 6) is 2.52. The summed E-state index contributed by atoms with van der Waals surface area (Å²) < 4.78 is 16.8. The maximum absolute atomic E-state index is 5.68. The molecule has 0 aliphatic heterocycles. The Kier molecular flexibility index (Phi) is 19.6. The predicted molar refractivity (Wildman–Crippen MR) is 359 cm³/mol. The lowest BCUT2D eigenvalue weighted by atomic mass is 9.87. The lowest BCUT2D eigenvalue weighted by Gasteiger charge is -2.28. The molecule has 0 atom stereocenters. The van der Waals surface area contributed by atoms with Crippen molar-refractivity contribution in [2.75, 3.05) is 26.2 Å². The Balaban J connectivity index is 0.000000459. The molecular formula is C78H81NO3. The van der Waals surface area contributed by atoms with Crippen LogP contribution in [-0.2, 0) is 6.42 Å². The summed E-state index contributed by atoms with van der Waals surface area (Å²) >= 11 is 0. The Morgan fingerprint density at radius 2 is 0.756 bits per heavy atom. The van der Waals surface area contributed by atoms with Gasteiger partial charge in [-0.25, -0.2) is 0 Å². The van der Waals surface area contributed by atoms with Crippen molar-refractivity contribution >= 4 is 81.7 Å². The molecule has 0 unspecified atom stereocenters. The molecule has 13 rings (SSSR count). The number of rotatable bonds is 10. The van der Waals surface area contributed by atoms with E-state index in [0.717, 1.165) is 46.3 Å². The van der Waals surface area contributed by atoms with E-state index in [1.165, 1.54) is 115 Å². The van der Waals surface area contributed by atoms with Gasteiger partial charge in [-0.3, -0.25) is 0 Å². The fraction of sp³-hybridized carbons (Fsp3) is 0.205. The molecule has 0 saturated carbocycles. The van der Waals surface area contributed by atoms with Crippen molar-refractivity contribution < 1.29 is 14.2 Å². The Labute approximate surface area is 488 Å². The highest BCUT2D eigenvalue weighted by molar-refractivity contribution is 6.47. The zero-order valence-electron chi connectivity index (χ0n) is 51.0. The zero-order chi connectivity index (χ0) is 58.6. The molecule has 4 heteroatoms. The van der Waals surface area contributed by atoms with Crippen LogP contribution in [0.3, 0.4) is 0 Å². The summed E-state index contributed by atoms with van der Waals surface area (Å²) in [6, 6.07) is 75.1. The number of methoxy groups -OCH3 is 3. The fourth-order valence-electron chi connectivity index (χ4n) is 11.7. The SMILES string of the molecule is CC.CC.CC.CC.COc1ccc(Cc2ccc3c4c(-c5ccccc5)c5c6cccc7c(N(c8ccc(OC)cc8)c8ccc(OC)cc8C)ccc(c5c(-c5ccccc5)c4c4cccc2c34)c76)cc1.Cc1ccc(C)c(C)c1. The molecule has 13 aromatic carbocycles. The van der Waals surface area contributed by atoms with Crippen LogP contribution in [0, 0.1) is 27.7 Å². The maximum Gasteiger partial charge on any atom is 0.119 e. The molecule has 13 aromatic rings. The van der Waals surface area contributed by atoms with Gasteiger partial charge in [0.15, 0.2) is 0 Å². The molecule has 82 heavy (non-hydrogen) atoms. The van der Waals surface area contributed by atoms with Crippen LogP contribution in [0.5, 0.6) is 17.2 Å². The van der Waals surface area contributed by atoms with Crippen LogP contribution < -0.4 is 19.1 Å². The van der Waals surface area contributed by atoms with E-state index in [1.54, 1.807) is 21.3 Å². The molecule has 0 aliphatic carbocycles. The van der Waals surface area contributed by atoms with Crippen molar-refractivity contribution in [3.63, 3.8) is 0 Å². The standard InChI is InChI=1S/C61H45NO3.C9H12.4C2H6/c1-37-35-45(65-4)30-33-52(37)62(42-24-28-44(64-3)29-25-42)53-34-32-51-57-47(53)18-12-20-49(57)59-55(40-15-9-6-10-16-40)60-50-31-23-41(36-38-21-26-43(63-2)27-22-38)46-17-11-19-48(56(46)50)58(60)54(61(51)59)39-13-7-5-8-14-39;1-7-4-5-8(2)9(3)6-7;4*1-2/h5-35H,36H2,1-4H3;4-6H,1-3H3;4*1-2H3. The largest absolute Gasteiger partial charge is 0.497 e. The van der Waals surface area contributed by atoms with E-state index in [4.69, 9.17) is 14.2 Å². The monoisotopic (exact) mass is 1080 g/mol. The van der Waals surface area contributed by atoms with Gasteiger partial charge in [0.05, 0.1) is 27.0 Å². The summed E-state index contributed by atoms with van der Waals surface area (Å²) in [5, 5.41) is 15.3. The van der Waals surface area contributed by atoms with Crippen LogP contribution in [-0.4, -0.2) is 21.3 Å². The third-order valence-corrected chi connectivity index (χ3v) is 15.3. The molecule has 0 N–H and O–H groups in total. The van der Waals surface area contributed by atoms with Gasteiger partial charge in [-0.1, -0.05) is 207 Å². The van der Waals surface area contributed by atoms with Crippen molar-refractivity contribution in [1.29, 1.82) is 0 Å². The molecule has 0 heterocycles. The normalized spacial score (nSPS) is 10.7. The average molecular weight is 1080 g/mol. The van der Waals surface area contributed by atoms with E-state index in [2.05, 4.69) is 227 Å². The third-order valence-electron chi connectivity index (χ3n) is 15.3. The van der Waals surface area contributed by atoms with Gasteiger partial charge in [0.1, 0.15) is 17.2 Å². The summed E-state index contributed by atoms with van der Waals surface area (Å²) in [5.41, 5.74) is 16.0. The van der Waals surface area contributed by atoms with E-state index >= 15 is 0 Å². The van der Waals surface area contributed by atoms with Gasteiger partial charge in [-0.15, -0.1) is 0 Å². The molecule has 0 fully saturated rings. The zero-order valence-corrected chi connectivity index (χ0v) is 51.0. The minimum Gasteiger partial charge on any atom is -0.497 e. The van der Waals surface area contributed by atoms with E-state index in [9.17, 15) is 0 Å². The molecular weight excluding hydrogens is 999 g/mol. The van der Waals surface area contributed by atoms with Crippen LogP contribution in [0.4, 0.5) is 17.1 Å². The van der Waals surface area contributed by atoms with Crippen molar-refractivity contribution in [2.24, 2.45) is 0 Å². The number of aryl methyl sites for hydroxylation is 4. The second kappa shape index (κ2) is 27.1. The lowest BCUT2D eigenvalue weighted by molar-refractivity contribution is 0.414. The van der Waals surface area contributed by atoms with Crippen LogP contribution in [0.25, 0.3) is 86.9 Å². The van der Waals surface area contributed by atoms with Gasteiger partial charge in [-0.2, -0.15) is 0 Å². The first-order valence-electron chi connectivity index (χ1n) is 29.5. The first kappa shape index (κ1) is 59.3. The minimum absolute atomic E-state index is 0.816. The first-order valence-corrected chi connectivity index (χ1v) is 29.5. The molecule has 0 radical (unpaired) electrons. The van der Waals surface area contributed by atoms with Crippen LogP contribution in [0.1, 0.15) is 88.8 Å². The Hall–Kier alpha value is -8.86. The molecule has 0 aliphatic rings. The maximum atomic E-state index is 5.68. The number of anilines is 3. The van der Waals surface area contributed by atoms with Crippen LogP contribution in [0.2, 0.25) is 0 Å². The average Bonchev–Trinajstić information content (AvgIpc) is 1.76. The second-order valence-corrected chi connectivity index (χ2v) is 19.6. The molecule has 0 aromatic heterocycles. The van der Waals surface area contributed by atoms with Crippen molar-refractivity contribution in [1.82, 2.24) is 0 Å². The van der Waals surface area contributed by atoms with Crippen molar-refractivity contribution in [3.8, 4) is 39.5 Å². The van der Waals surface area contributed by atoms with E-state index in [-0.39, 0.29) is 0 Å². The van der Waals surface area contributed by atoms with Crippen LogP contribution >= 0.6 is 0 Å². The highest BCUT2D eigenvalue weighted by Crippen LogP contribution is 2.57. The highest BCUT2D eigenvalue weighted by atomic mass is 16.5. The Bertz CT molecular complexity index is 4090. The molecule has 0 bridgehead atoms. The van der Waals surface area contributed by atoms with E-state index < -0.39 is 0 Å². The predicted octanol–water partition coefficient (Wildman–Crippen LogP) is 22.9. The first-order chi connectivity index (χ1) is 40.2. The van der Waals surface area contributed by atoms with Crippen molar-refractivity contribution in [2.45, 2.75) is 89.5 Å². The molecule has 0 saturated heterocycles. The van der Waals surface area contributed by atoms with Crippen molar-refractivity contribution in [3.05, 3.63) is 240 Å². The fourth-order valence-corrected chi connectivity index (χ4v) is 11.7. The minimum atomic E-state index is 0.816. The summed E-state index contributed by atoms with van der Waals surface area (Å²) in [6.07, 6.45) is 0.829. The van der Waals surface area contributed by atoms with Gasteiger partial charge in [0.25, 0.3) is 0 Å². The topological polar surface area (TPSA) is 30.9 Å². The number of benzene rings is 11. The summed E-state index contributed by atoms with van der Waals surface area (Å²) in [7, 11) is 5.16. The second-order valence-electron chi connectivity index (χ2n) is 19.6. The van der Waals surface area contributed by atoms with Crippen LogP contribution in [0.15, 0.2) is 206 Å². The quantitative estimate of drug-likeness (QED) is 0.137. The number of hydrogen-bond donors (Lipinski definition) is 0. The Morgan fingerprint density at radius 3 is 1.24 bits per heavy atom. The number of ether oxygens (including phenoxy) is 3. The van der Waals surface area contributed by atoms with Gasteiger partial charge in [0, 0.05) is 16.8 Å². The molecule has 0 spiro atoms. The molecule has 416 valence electrons. The van der Waals surface area contributed by atoms with Gasteiger partial charge in [0.2, 0.25) is 0 Å². The van der Waals surface area contributed by atoms with Gasteiger partial charge in [-0.05, 0) is 204 Å². The van der Waals surface area contributed by atoms with E-state index in [0.29, 0.717) is 0 Å². The number of hydrogen-bond acceptors (Lipinski definition) is 4. The van der Waals surface area contributed by atoms with Gasteiger partial charge < -0.3 is 19.1 Å². The molecule has 0 amide bonds. The lowest BCUT2D eigenvalue weighted by Crippen LogP contribution is -2.12. The number of nitrogens with zero attached hydrogens (tertiary/aromatic N) is 1.